The number of nitrogens with one attached hydrogen (secondary N) is 1. The van der Waals surface area contributed by atoms with Gasteiger partial charge in [-0.15, -0.1) is 0 Å². The minimum absolute atomic E-state index is 0.684. The van der Waals surface area contributed by atoms with Crippen molar-refractivity contribution in [3.8, 4) is 0 Å². The zero-order chi connectivity index (χ0) is 11.1. The Morgan fingerprint density at radius 3 is 2.31 bits per heavy atom. The Morgan fingerprint density at radius 2 is 1.81 bits per heavy atom. The molecule has 1 aromatic rings. The summed E-state index contributed by atoms with van der Waals surface area (Å²) in [6.07, 6.45) is 5.61. The number of rotatable bonds is 4. The molecule has 2 nitrogen and oxygen atoms in total. The van der Waals surface area contributed by atoms with Crippen molar-refractivity contribution < 1.29 is 0 Å². The predicted octanol–water partition coefficient (Wildman–Crippen LogP) is 3.18. The second-order valence-electron chi connectivity index (χ2n) is 5.38. The second-order valence-corrected chi connectivity index (χ2v) is 5.38. The summed E-state index contributed by atoms with van der Waals surface area (Å²) in [5.74, 6) is 1.82. The Labute approximate surface area is 97.2 Å². The van der Waals surface area contributed by atoms with Crippen LogP contribution in [-0.4, -0.2) is 6.04 Å². The molecule has 2 fully saturated rings. The van der Waals surface area contributed by atoms with Gasteiger partial charge in [-0.3, -0.25) is 0 Å². The van der Waals surface area contributed by atoms with Gasteiger partial charge >= 0.3 is 0 Å². The SMILES string of the molecule is Cc1cccc(N)c1NC(C1CC1)C1CC1. The molecule has 3 rings (SSSR count). The lowest BCUT2D eigenvalue weighted by Crippen LogP contribution is -2.25. The monoisotopic (exact) mass is 216 g/mol. The molecule has 0 spiro atoms. The summed E-state index contributed by atoms with van der Waals surface area (Å²) < 4.78 is 0. The van der Waals surface area contributed by atoms with E-state index in [4.69, 9.17) is 5.73 Å². The summed E-state index contributed by atoms with van der Waals surface area (Å²) in [4.78, 5) is 0. The number of hydrogen-bond acceptors (Lipinski definition) is 2. The highest BCUT2D eigenvalue weighted by atomic mass is 15.0. The smallest absolute Gasteiger partial charge is 0.0605 e. The lowest BCUT2D eigenvalue weighted by Gasteiger charge is -2.21. The van der Waals surface area contributed by atoms with Crippen LogP contribution in [0, 0.1) is 18.8 Å². The molecule has 2 saturated carbocycles. The molecule has 3 N–H and O–H groups in total. The second kappa shape index (κ2) is 3.69. The van der Waals surface area contributed by atoms with Gasteiger partial charge in [0.2, 0.25) is 0 Å². The number of aryl methyl sites for hydroxylation is 1. The Hall–Kier alpha value is -1.18. The number of hydrogen-bond donors (Lipinski definition) is 2. The molecular formula is C14H20N2. The molecule has 0 heterocycles. The zero-order valence-electron chi connectivity index (χ0n) is 9.87. The maximum absolute atomic E-state index is 6.05. The Bertz CT molecular complexity index is 359. The van der Waals surface area contributed by atoms with E-state index in [2.05, 4.69) is 18.3 Å². The molecule has 2 aliphatic rings. The van der Waals surface area contributed by atoms with E-state index in [0.717, 1.165) is 17.5 Å². The molecule has 0 bridgehead atoms. The van der Waals surface area contributed by atoms with Crippen molar-refractivity contribution in [1.29, 1.82) is 0 Å². The van der Waals surface area contributed by atoms with Gasteiger partial charge in [-0.25, -0.2) is 0 Å². The summed E-state index contributed by atoms with van der Waals surface area (Å²) in [6.45, 7) is 2.13. The summed E-state index contributed by atoms with van der Waals surface area (Å²) in [5, 5.41) is 3.71. The van der Waals surface area contributed by atoms with Crippen molar-refractivity contribution in [2.45, 2.75) is 38.6 Å². The Balaban J connectivity index is 1.81. The van der Waals surface area contributed by atoms with Gasteiger partial charge in [-0.05, 0) is 56.1 Å². The Morgan fingerprint density at radius 1 is 1.19 bits per heavy atom. The Kier molecular flexibility index (Phi) is 2.31. The van der Waals surface area contributed by atoms with Crippen LogP contribution in [-0.2, 0) is 0 Å². The van der Waals surface area contributed by atoms with Crippen LogP contribution in [0.5, 0.6) is 0 Å². The predicted molar refractivity (Wildman–Crippen MR) is 68.5 cm³/mol. The van der Waals surface area contributed by atoms with E-state index in [1.807, 2.05) is 12.1 Å². The zero-order valence-corrected chi connectivity index (χ0v) is 9.87. The molecule has 16 heavy (non-hydrogen) atoms. The van der Waals surface area contributed by atoms with Crippen LogP contribution < -0.4 is 11.1 Å². The van der Waals surface area contributed by atoms with E-state index < -0.39 is 0 Å². The highest BCUT2D eigenvalue weighted by Gasteiger charge is 2.41. The van der Waals surface area contributed by atoms with Crippen LogP contribution in [0.15, 0.2) is 18.2 Å². The molecule has 0 atom stereocenters. The average Bonchev–Trinajstić information content (AvgIpc) is 3.12. The first-order valence-electron chi connectivity index (χ1n) is 6.37. The fraction of sp³-hybridized carbons (Fsp3) is 0.571. The van der Waals surface area contributed by atoms with Gasteiger partial charge in [0, 0.05) is 6.04 Å². The van der Waals surface area contributed by atoms with E-state index in [0.29, 0.717) is 6.04 Å². The molecule has 0 saturated heterocycles. The van der Waals surface area contributed by atoms with Crippen LogP contribution in [0.3, 0.4) is 0 Å². The van der Waals surface area contributed by atoms with Crippen molar-refractivity contribution >= 4 is 11.4 Å². The lowest BCUT2D eigenvalue weighted by molar-refractivity contribution is 0.567. The van der Waals surface area contributed by atoms with Gasteiger partial charge in [0.1, 0.15) is 0 Å². The maximum Gasteiger partial charge on any atom is 0.0605 e. The van der Waals surface area contributed by atoms with Gasteiger partial charge in [0.05, 0.1) is 11.4 Å². The summed E-state index contributed by atoms with van der Waals surface area (Å²) in [6, 6.07) is 6.84. The molecule has 0 unspecified atom stereocenters. The number of nitrogens with two attached hydrogens (primary N) is 1. The van der Waals surface area contributed by atoms with Gasteiger partial charge in [-0.1, -0.05) is 12.1 Å². The van der Waals surface area contributed by atoms with E-state index in [1.165, 1.54) is 36.9 Å². The van der Waals surface area contributed by atoms with Crippen molar-refractivity contribution in [1.82, 2.24) is 0 Å². The number of benzene rings is 1. The molecule has 0 aliphatic heterocycles. The maximum atomic E-state index is 6.05. The van der Waals surface area contributed by atoms with Crippen molar-refractivity contribution in [2.75, 3.05) is 11.1 Å². The third kappa shape index (κ3) is 1.89. The van der Waals surface area contributed by atoms with Crippen LogP contribution in [0.4, 0.5) is 11.4 Å². The van der Waals surface area contributed by atoms with Crippen LogP contribution in [0.1, 0.15) is 31.2 Å². The topological polar surface area (TPSA) is 38.0 Å². The van der Waals surface area contributed by atoms with Gasteiger partial charge in [0.15, 0.2) is 0 Å². The molecule has 0 amide bonds. The van der Waals surface area contributed by atoms with Crippen molar-refractivity contribution in [3.05, 3.63) is 23.8 Å². The minimum Gasteiger partial charge on any atom is -0.397 e. The molecule has 1 aromatic carbocycles. The quantitative estimate of drug-likeness (QED) is 0.759. The summed E-state index contributed by atoms with van der Waals surface area (Å²) >= 11 is 0. The number of anilines is 2. The van der Waals surface area contributed by atoms with Gasteiger partial charge in [0.25, 0.3) is 0 Å². The van der Waals surface area contributed by atoms with Crippen LogP contribution in [0.2, 0.25) is 0 Å². The molecule has 0 radical (unpaired) electrons. The summed E-state index contributed by atoms with van der Waals surface area (Å²) in [7, 11) is 0. The van der Waals surface area contributed by atoms with Crippen molar-refractivity contribution in [2.24, 2.45) is 11.8 Å². The average molecular weight is 216 g/mol. The first-order chi connectivity index (χ1) is 7.75. The summed E-state index contributed by atoms with van der Waals surface area (Å²) in [5.41, 5.74) is 9.39. The first kappa shape index (κ1) is 10.0. The molecule has 0 aromatic heterocycles. The van der Waals surface area contributed by atoms with E-state index in [1.54, 1.807) is 0 Å². The van der Waals surface area contributed by atoms with E-state index in [-0.39, 0.29) is 0 Å². The van der Waals surface area contributed by atoms with E-state index in [9.17, 15) is 0 Å². The fourth-order valence-electron chi connectivity index (χ4n) is 2.59. The highest BCUT2D eigenvalue weighted by Crippen LogP contribution is 2.46. The minimum atomic E-state index is 0.684. The first-order valence-corrected chi connectivity index (χ1v) is 6.37. The molecule has 86 valence electrons. The molecule has 2 aliphatic carbocycles. The standard InChI is InChI=1S/C14H20N2/c1-9-3-2-4-12(15)13(9)16-14(10-5-6-10)11-7-8-11/h2-4,10-11,14,16H,5-8,15H2,1H3. The third-order valence-electron chi connectivity index (χ3n) is 3.88. The number of para-hydroxylation sites is 1. The lowest BCUT2D eigenvalue weighted by atomic mass is 10.1. The van der Waals surface area contributed by atoms with E-state index >= 15 is 0 Å². The van der Waals surface area contributed by atoms with Crippen molar-refractivity contribution in [3.63, 3.8) is 0 Å². The normalized spacial score (nSPS) is 20.1. The third-order valence-corrected chi connectivity index (χ3v) is 3.88. The molecular weight excluding hydrogens is 196 g/mol. The van der Waals surface area contributed by atoms with Crippen LogP contribution in [0.25, 0.3) is 0 Å². The molecule has 2 heteroatoms. The highest BCUT2D eigenvalue weighted by molar-refractivity contribution is 5.70. The largest absolute Gasteiger partial charge is 0.397 e. The number of nitrogen functional groups attached to an aromatic ring is 1. The van der Waals surface area contributed by atoms with Crippen LogP contribution >= 0.6 is 0 Å². The van der Waals surface area contributed by atoms with Gasteiger partial charge in [-0.2, -0.15) is 0 Å². The van der Waals surface area contributed by atoms with Gasteiger partial charge < -0.3 is 11.1 Å². The fourth-order valence-corrected chi connectivity index (χ4v) is 2.59.